The molecule has 0 bridgehead atoms. The molecule has 2 aromatic rings. The fourth-order valence-electron chi connectivity index (χ4n) is 3.99. The van der Waals surface area contributed by atoms with Crippen molar-refractivity contribution in [2.24, 2.45) is 0 Å². The zero-order valence-electron chi connectivity index (χ0n) is 17.0. The molecule has 1 aromatic carbocycles. The number of carbonyl (C=O) groups is 2. The molecule has 1 saturated heterocycles. The quantitative estimate of drug-likeness (QED) is 0.830. The summed E-state index contributed by atoms with van der Waals surface area (Å²) < 4.78 is 1.92. The highest BCUT2D eigenvalue weighted by atomic mass is 16.2. The van der Waals surface area contributed by atoms with E-state index < -0.39 is 0 Å². The molecule has 8 heteroatoms. The molecule has 8 nitrogen and oxygen atoms in total. The first-order chi connectivity index (χ1) is 14.0. The number of hydrogen-bond donors (Lipinski definition) is 2. The molecular weight excluding hydrogens is 368 g/mol. The summed E-state index contributed by atoms with van der Waals surface area (Å²) in [6.07, 6.45) is 1.91. The normalized spacial score (nSPS) is 22.0. The van der Waals surface area contributed by atoms with Gasteiger partial charge in [0.05, 0.1) is 25.0 Å². The monoisotopic (exact) mass is 396 g/mol. The average molecular weight is 396 g/mol. The number of nitrogens with zero attached hydrogens (tertiary/aromatic N) is 4. The maximum Gasteiger partial charge on any atom is 0.318 e. The Bertz CT molecular complexity index is 879. The summed E-state index contributed by atoms with van der Waals surface area (Å²) in [5, 5.41) is 10.6. The lowest BCUT2D eigenvalue weighted by Crippen LogP contribution is -2.49. The van der Waals surface area contributed by atoms with E-state index in [9.17, 15) is 9.59 Å². The lowest BCUT2D eigenvalue weighted by molar-refractivity contribution is -0.121. The zero-order valence-corrected chi connectivity index (χ0v) is 17.0. The van der Waals surface area contributed by atoms with Crippen LogP contribution in [0.2, 0.25) is 0 Å². The number of nitrogens with one attached hydrogen (secondary N) is 2. The molecule has 3 amide bonds. The fourth-order valence-corrected chi connectivity index (χ4v) is 3.99. The first-order valence-corrected chi connectivity index (χ1v) is 10.3. The Labute approximate surface area is 170 Å². The van der Waals surface area contributed by atoms with Crippen LogP contribution in [0.15, 0.2) is 30.3 Å². The molecule has 0 aliphatic carbocycles. The van der Waals surface area contributed by atoms with E-state index in [2.05, 4.69) is 34.6 Å². The molecule has 4 rings (SSSR count). The number of urea groups is 1. The van der Waals surface area contributed by atoms with Crippen LogP contribution in [-0.2, 0) is 17.8 Å². The van der Waals surface area contributed by atoms with Crippen LogP contribution < -0.4 is 10.6 Å². The van der Waals surface area contributed by atoms with Crippen molar-refractivity contribution in [1.82, 2.24) is 30.3 Å². The summed E-state index contributed by atoms with van der Waals surface area (Å²) >= 11 is 0. The number of rotatable bonds is 3. The summed E-state index contributed by atoms with van der Waals surface area (Å²) in [7, 11) is 0. The molecule has 29 heavy (non-hydrogen) atoms. The summed E-state index contributed by atoms with van der Waals surface area (Å²) in [6.45, 7) is 5.74. The second-order valence-electron chi connectivity index (χ2n) is 8.08. The summed E-state index contributed by atoms with van der Waals surface area (Å²) in [5.41, 5.74) is 0.975. The van der Waals surface area contributed by atoms with Crippen LogP contribution in [0.4, 0.5) is 4.79 Å². The van der Waals surface area contributed by atoms with E-state index in [0.29, 0.717) is 19.6 Å². The number of amides is 3. The van der Waals surface area contributed by atoms with E-state index in [4.69, 9.17) is 0 Å². The van der Waals surface area contributed by atoms with Crippen molar-refractivity contribution < 1.29 is 9.59 Å². The summed E-state index contributed by atoms with van der Waals surface area (Å²) in [5.74, 6) is 2.11. The van der Waals surface area contributed by atoms with E-state index in [1.54, 1.807) is 4.90 Å². The first-order valence-electron chi connectivity index (χ1n) is 10.3. The first kappa shape index (κ1) is 19.4. The molecule has 2 N–H and O–H groups in total. The van der Waals surface area contributed by atoms with Gasteiger partial charge in [-0.3, -0.25) is 4.79 Å². The Kier molecular flexibility index (Phi) is 5.51. The van der Waals surface area contributed by atoms with Crippen LogP contribution in [0, 0.1) is 0 Å². The minimum Gasteiger partial charge on any atom is -0.354 e. The van der Waals surface area contributed by atoms with Crippen molar-refractivity contribution >= 4 is 11.9 Å². The maximum atomic E-state index is 13.2. The third kappa shape index (κ3) is 4.26. The number of carbonyl (C=O) groups excluding carboxylic acids is 2. The maximum absolute atomic E-state index is 13.2. The number of hydrogen-bond acceptors (Lipinski definition) is 4. The molecule has 1 aromatic heterocycles. The Hall–Kier alpha value is -2.90. The van der Waals surface area contributed by atoms with E-state index in [-0.39, 0.29) is 36.4 Å². The average Bonchev–Trinajstić information content (AvgIpc) is 3.04. The van der Waals surface area contributed by atoms with Gasteiger partial charge in [0.1, 0.15) is 5.82 Å². The van der Waals surface area contributed by atoms with Gasteiger partial charge >= 0.3 is 6.03 Å². The van der Waals surface area contributed by atoms with Gasteiger partial charge in [-0.25, -0.2) is 14.5 Å². The Morgan fingerprint density at radius 3 is 2.83 bits per heavy atom. The molecule has 0 spiro atoms. The van der Waals surface area contributed by atoms with Crippen LogP contribution in [0.1, 0.15) is 55.9 Å². The van der Waals surface area contributed by atoms with Crippen LogP contribution >= 0.6 is 0 Å². The Morgan fingerprint density at radius 2 is 2.07 bits per heavy atom. The van der Waals surface area contributed by atoms with E-state index in [1.807, 2.05) is 35.0 Å². The van der Waals surface area contributed by atoms with Gasteiger partial charge in [-0.05, 0) is 12.0 Å². The van der Waals surface area contributed by atoms with Crippen LogP contribution in [0.25, 0.3) is 0 Å². The van der Waals surface area contributed by atoms with Crippen molar-refractivity contribution in [2.75, 3.05) is 13.1 Å². The zero-order chi connectivity index (χ0) is 20.4. The van der Waals surface area contributed by atoms with Gasteiger partial charge in [-0.15, -0.1) is 0 Å². The third-order valence-corrected chi connectivity index (χ3v) is 5.59. The van der Waals surface area contributed by atoms with Gasteiger partial charge in [-0.1, -0.05) is 44.2 Å². The Morgan fingerprint density at radius 1 is 1.28 bits per heavy atom. The van der Waals surface area contributed by atoms with Gasteiger partial charge < -0.3 is 15.5 Å². The standard InChI is InChI=1S/C21H28N6O2/c1-14(2)20-24-18-9-8-16(13-27(18)25-20)23-21(29)26-11-10-22-19(28)12-17(26)15-6-4-3-5-7-15/h3-7,14,16-17H,8-13H2,1-2H3,(H,22,28)(H,23,29)/t16-,17+/m0/s1. The molecule has 0 radical (unpaired) electrons. The molecule has 1 fully saturated rings. The van der Waals surface area contributed by atoms with E-state index in [0.717, 1.165) is 30.1 Å². The van der Waals surface area contributed by atoms with Gasteiger partial charge in [0.15, 0.2) is 5.82 Å². The van der Waals surface area contributed by atoms with Gasteiger partial charge in [0.25, 0.3) is 0 Å². The molecule has 2 aliphatic heterocycles. The second kappa shape index (κ2) is 8.23. The predicted octanol–water partition coefficient (Wildman–Crippen LogP) is 1.99. The number of aromatic nitrogens is 3. The second-order valence-corrected chi connectivity index (χ2v) is 8.08. The largest absolute Gasteiger partial charge is 0.354 e. The van der Waals surface area contributed by atoms with Crippen molar-refractivity contribution in [3.8, 4) is 0 Å². The molecule has 0 unspecified atom stereocenters. The minimum atomic E-state index is -0.267. The van der Waals surface area contributed by atoms with Crippen molar-refractivity contribution in [2.45, 2.75) is 57.7 Å². The molecule has 154 valence electrons. The smallest absolute Gasteiger partial charge is 0.318 e. The van der Waals surface area contributed by atoms with Gasteiger partial charge in [0.2, 0.25) is 5.91 Å². The van der Waals surface area contributed by atoms with Crippen molar-refractivity contribution in [3.63, 3.8) is 0 Å². The molecule has 2 aliphatic rings. The number of fused-ring (bicyclic) bond motifs is 1. The van der Waals surface area contributed by atoms with Crippen LogP contribution in [0.3, 0.4) is 0 Å². The topological polar surface area (TPSA) is 92.2 Å². The minimum absolute atomic E-state index is 0.0000457. The Balaban J connectivity index is 1.48. The molecule has 3 heterocycles. The molecule has 0 saturated carbocycles. The van der Waals surface area contributed by atoms with Crippen molar-refractivity contribution in [3.05, 3.63) is 47.5 Å². The molecular formula is C21H28N6O2. The highest BCUT2D eigenvalue weighted by Crippen LogP contribution is 2.26. The van der Waals surface area contributed by atoms with Crippen molar-refractivity contribution in [1.29, 1.82) is 0 Å². The van der Waals surface area contributed by atoms with Gasteiger partial charge in [-0.2, -0.15) is 5.10 Å². The summed E-state index contributed by atoms with van der Waals surface area (Å²) in [4.78, 5) is 31.7. The van der Waals surface area contributed by atoms with Gasteiger partial charge in [0, 0.05) is 25.4 Å². The SMILES string of the molecule is CC(C)c1nc2n(n1)C[C@@H](NC(=O)N1CCNC(=O)C[C@@H]1c1ccccc1)CC2. The third-order valence-electron chi connectivity index (χ3n) is 5.59. The van der Waals surface area contributed by atoms with Crippen LogP contribution in [-0.4, -0.2) is 50.7 Å². The predicted molar refractivity (Wildman–Crippen MR) is 108 cm³/mol. The molecule has 2 atom stereocenters. The lowest BCUT2D eigenvalue weighted by Gasteiger charge is -2.32. The lowest BCUT2D eigenvalue weighted by atomic mass is 10.0. The number of benzene rings is 1. The highest BCUT2D eigenvalue weighted by molar-refractivity contribution is 5.80. The number of aryl methyl sites for hydroxylation is 1. The highest BCUT2D eigenvalue weighted by Gasteiger charge is 2.32. The summed E-state index contributed by atoms with van der Waals surface area (Å²) in [6, 6.07) is 9.36. The van der Waals surface area contributed by atoms with E-state index in [1.165, 1.54) is 0 Å². The van der Waals surface area contributed by atoms with E-state index >= 15 is 0 Å². The fraction of sp³-hybridized carbons (Fsp3) is 0.524. The van der Waals surface area contributed by atoms with Crippen LogP contribution in [0.5, 0.6) is 0 Å².